The Balaban J connectivity index is 1.35. The number of rotatable bonds is 7. The Bertz CT molecular complexity index is 821. The van der Waals surface area contributed by atoms with Crippen molar-refractivity contribution in [1.29, 1.82) is 0 Å². The fraction of sp³-hybridized carbons (Fsp3) is 0.522. The lowest BCUT2D eigenvalue weighted by Gasteiger charge is -2.35. The second-order valence-corrected chi connectivity index (χ2v) is 8.25. The molecule has 0 bridgehead atoms. The SMILES string of the molecule is O=C(c1cnccn1)N(CC1CCN(Cc2ccccc2F)CC1)C[C@H]1CCCO1. The summed E-state index contributed by atoms with van der Waals surface area (Å²) in [7, 11) is 0. The third kappa shape index (κ3) is 5.40. The van der Waals surface area contributed by atoms with E-state index in [4.69, 9.17) is 4.74 Å². The molecular weight excluding hydrogens is 383 g/mol. The van der Waals surface area contributed by atoms with E-state index >= 15 is 0 Å². The zero-order valence-corrected chi connectivity index (χ0v) is 17.3. The van der Waals surface area contributed by atoms with Crippen molar-refractivity contribution in [2.75, 3.05) is 32.8 Å². The molecule has 1 aromatic carbocycles. The molecule has 7 heteroatoms. The van der Waals surface area contributed by atoms with Gasteiger partial charge in [-0.05, 0) is 50.8 Å². The van der Waals surface area contributed by atoms with E-state index in [2.05, 4.69) is 14.9 Å². The Morgan fingerprint density at radius 3 is 2.70 bits per heavy atom. The molecule has 2 aliphatic rings. The third-order valence-corrected chi connectivity index (χ3v) is 6.06. The van der Waals surface area contributed by atoms with Crippen molar-refractivity contribution in [3.63, 3.8) is 0 Å². The minimum absolute atomic E-state index is 0.0765. The van der Waals surface area contributed by atoms with Crippen molar-refractivity contribution >= 4 is 5.91 Å². The zero-order chi connectivity index (χ0) is 20.8. The van der Waals surface area contributed by atoms with Gasteiger partial charge >= 0.3 is 0 Å². The fourth-order valence-corrected chi connectivity index (χ4v) is 4.35. The van der Waals surface area contributed by atoms with E-state index in [9.17, 15) is 9.18 Å². The number of ether oxygens (including phenoxy) is 1. The van der Waals surface area contributed by atoms with Crippen LogP contribution >= 0.6 is 0 Å². The minimum atomic E-state index is -0.142. The van der Waals surface area contributed by atoms with Gasteiger partial charge in [-0.3, -0.25) is 14.7 Å². The van der Waals surface area contributed by atoms with Gasteiger partial charge in [-0.15, -0.1) is 0 Å². The Morgan fingerprint density at radius 1 is 1.17 bits per heavy atom. The Morgan fingerprint density at radius 2 is 2.00 bits per heavy atom. The van der Waals surface area contributed by atoms with Gasteiger partial charge in [0.15, 0.2) is 0 Å². The summed E-state index contributed by atoms with van der Waals surface area (Å²) in [5.74, 6) is 0.202. The van der Waals surface area contributed by atoms with Crippen molar-refractivity contribution in [2.45, 2.75) is 38.3 Å². The summed E-state index contributed by atoms with van der Waals surface area (Å²) in [5, 5.41) is 0. The monoisotopic (exact) mass is 412 g/mol. The van der Waals surface area contributed by atoms with Crippen LogP contribution in [-0.4, -0.2) is 64.6 Å². The number of carbonyl (C=O) groups is 1. The quantitative estimate of drug-likeness (QED) is 0.699. The molecule has 2 fully saturated rings. The predicted octanol–water partition coefficient (Wildman–Crippen LogP) is 3.15. The van der Waals surface area contributed by atoms with E-state index in [0.29, 0.717) is 31.2 Å². The van der Waals surface area contributed by atoms with Gasteiger partial charge in [-0.25, -0.2) is 9.37 Å². The number of hydrogen-bond donors (Lipinski definition) is 0. The number of carbonyl (C=O) groups excluding carboxylic acids is 1. The number of halogens is 1. The molecule has 0 aliphatic carbocycles. The minimum Gasteiger partial charge on any atom is -0.376 e. The van der Waals surface area contributed by atoms with Crippen LogP contribution in [0, 0.1) is 11.7 Å². The smallest absolute Gasteiger partial charge is 0.274 e. The maximum Gasteiger partial charge on any atom is 0.274 e. The first-order chi connectivity index (χ1) is 14.7. The van der Waals surface area contributed by atoms with Gasteiger partial charge in [0.1, 0.15) is 11.5 Å². The zero-order valence-electron chi connectivity index (χ0n) is 17.3. The summed E-state index contributed by atoms with van der Waals surface area (Å²) in [4.78, 5) is 25.5. The lowest BCUT2D eigenvalue weighted by molar-refractivity contribution is 0.0440. The fourth-order valence-electron chi connectivity index (χ4n) is 4.35. The Kier molecular flexibility index (Phi) is 7.02. The number of piperidine rings is 1. The number of amides is 1. The van der Waals surface area contributed by atoms with Gasteiger partial charge in [0.25, 0.3) is 5.91 Å². The number of nitrogens with zero attached hydrogens (tertiary/aromatic N) is 4. The van der Waals surface area contributed by atoms with Crippen molar-refractivity contribution in [3.05, 3.63) is 59.9 Å². The van der Waals surface area contributed by atoms with Crippen LogP contribution in [0.1, 0.15) is 41.7 Å². The van der Waals surface area contributed by atoms with Gasteiger partial charge in [-0.1, -0.05) is 18.2 Å². The molecule has 30 heavy (non-hydrogen) atoms. The van der Waals surface area contributed by atoms with Crippen LogP contribution in [0.15, 0.2) is 42.9 Å². The van der Waals surface area contributed by atoms with Crippen molar-refractivity contribution in [1.82, 2.24) is 19.8 Å². The highest BCUT2D eigenvalue weighted by atomic mass is 19.1. The molecule has 3 heterocycles. The van der Waals surface area contributed by atoms with Crippen LogP contribution in [0.2, 0.25) is 0 Å². The number of benzene rings is 1. The summed E-state index contributed by atoms with van der Waals surface area (Å²) in [5.41, 5.74) is 1.13. The van der Waals surface area contributed by atoms with E-state index in [1.807, 2.05) is 17.0 Å². The molecule has 0 unspecified atom stereocenters. The molecule has 2 aromatic rings. The third-order valence-electron chi connectivity index (χ3n) is 6.06. The summed E-state index contributed by atoms with van der Waals surface area (Å²) in [6.45, 7) is 4.52. The summed E-state index contributed by atoms with van der Waals surface area (Å²) < 4.78 is 19.7. The molecule has 160 valence electrons. The molecule has 1 amide bonds. The average Bonchev–Trinajstić information content (AvgIpc) is 3.29. The van der Waals surface area contributed by atoms with Crippen LogP contribution in [0.5, 0.6) is 0 Å². The average molecular weight is 413 g/mol. The highest BCUT2D eigenvalue weighted by Gasteiger charge is 2.28. The standard InChI is InChI=1S/C23H29FN4O2/c24-21-6-2-1-4-19(21)16-27-11-7-18(8-12-27)15-28(17-20-5-3-13-30-20)23(29)22-14-25-9-10-26-22/h1-2,4,6,9-10,14,18,20H,3,5,7-8,11-13,15-17H2/t20-/m1/s1. The van der Waals surface area contributed by atoms with E-state index in [1.165, 1.54) is 12.3 Å². The van der Waals surface area contributed by atoms with Gasteiger partial charge in [0, 0.05) is 44.2 Å². The number of aromatic nitrogens is 2. The molecule has 6 nitrogen and oxygen atoms in total. The first-order valence-electron chi connectivity index (χ1n) is 10.8. The Labute approximate surface area is 177 Å². The van der Waals surface area contributed by atoms with Gasteiger partial charge in [-0.2, -0.15) is 0 Å². The molecule has 4 rings (SSSR count). The van der Waals surface area contributed by atoms with E-state index in [-0.39, 0.29) is 17.8 Å². The van der Waals surface area contributed by atoms with Crippen molar-refractivity contribution < 1.29 is 13.9 Å². The van der Waals surface area contributed by atoms with Crippen LogP contribution < -0.4 is 0 Å². The molecule has 0 radical (unpaired) electrons. The molecule has 1 aromatic heterocycles. The number of hydrogen-bond acceptors (Lipinski definition) is 5. The van der Waals surface area contributed by atoms with E-state index in [1.54, 1.807) is 18.5 Å². The molecular formula is C23H29FN4O2. The highest BCUT2D eigenvalue weighted by Crippen LogP contribution is 2.23. The first-order valence-corrected chi connectivity index (χ1v) is 10.8. The molecule has 2 saturated heterocycles. The van der Waals surface area contributed by atoms with E-state index in [0.717, 1.165) is 50.9 Å². The molecule has 0 N–H and O–H groups in total. The second kappa shape index (κ2) is 10.1. The van der Waals surface area contributed by atoms with Crippen molar-refractivity contribution in [3.8, 4) is 0 Å². The van der Waals surface area contributed by atoms with Gasteiger partial charge in [0.2, 0.25) is 0 Å². The number of likely N-dealkylation sites (tertiary alicyclic amines) is 1. The van der Waals surface area contributed by atoms with Gasteiger partial charge in [0.05, 0.1) is 12.3 Å². The normalized spacial score (nSPS) is 20.4. The molecule has 0 spiro atoms. The first kappa shape index (κ1) is 20.9. The molecule has 0 saturated carbocycles. The van der Waals surface area contributed by atoms with Crippen molar-refractivity contribution in [2.24, 2.45) is 5.92 Å². The molecule has 1 atom stereocenters. The lowest BCUT2D eigenvalue weighted by Crippen LogP contribution is -2.43. The Hall–Kier alpha value is -2.38. The largest absolute Gasteiger partial charge is 0.376 e. The second-order valence-electron chi connectivity index (χ2n) is 8.25. The molecule has 2 aliphatic heterocycles. The highest BCUT2D eigenvalue weighted by molar-refractivity contribution is 5.92. The maximum atomic E-state index is 13.9. The van der Waals surface area contributed by atoms with Crippen LogP contribution in [0.3, 0.4) is 0 Å². The topological polar surface area (TPSA) is 58.6 Å². The van der Waals surface area contributed by atoms with Crippen LogP contribution in [0.25, 0.3) is 0 Å². The van der Waals surface area contributed by atoms with Gasteiger partial charge < -0.3 is 9.64 Å². The van der Waals surface area contributed by atoms with E-state index < -0.39 is 0 Å². The summed E-state index contributed by atoms with van der Waals surface area (Å²) in [6.07, 6.45) is 8.78. The lowest BCUT2D eigenvalue weighted by atomic mass is 9.95. The summed E-state index contributed by atoms with van der Waals surface area (Å²) >= 11 is 0. The summed E-state index contributed by atoms with van der Waals surface area (Å²) in [6, 6.07) is 6.97. The predicted molar refractivity (Wildman–Crippen MR) is 111 cm³/mol. The maximum absolute atomic E-state index is 13.9. The van der Waals surface area contributed by atoms with Crippen LogP contribution in [-0.2, 0) is 11.3 Å². The van der Waals surface area contributed by atoms with Crippen LogP contribution in [0.4, 0.5) is 4.39 Å².